The lowest BCUT2D eigenvalue weighted by molar-refractivity contribution is -0.387. The van der Waals surface area contributed by atoms with E-state index in [9.17, 15) is 19.6 Å². The van der Waals surface area contributed by atoms with Gasteiger partial charge in [-0.2, -0.15) is 4.39 Å². The molecule has 0 amide bonds. The van der Waals surface area contributed by atoms with Crippen LogP contribution in [0.15, 0.2) is 18.2 Å². The molecule has 0 atom stereocenters. The molecule has 4 nitrogen and oxygen atoms in total. The molecule has 0 radical (unpaired) electrons. The van der Waals surface area contributed by atoms with Crippen LogP contribution in [0, 0.1) is 15.9 Å². The van der Waals surface area contributed by atoms with Crippen molar-refractivity contribution in [2.45, 2.75) is 31.3 Å². The Hall–Kier alpha value is -1.49. The standard InChI is InChI=1S/C11H12FNO3/c12-9-2-1-8(7-10(9)13(15)16)3-4-11(14)5-6-11/h1-2,7,14H,3-6H2. The van der Waals surface area contributed by atoms with E-state index in [1.165, 1.54) is 12.1 Å². The molecule has 5 heteroatoms. The summed E-state index contributed by atoms with van der Waals surface area (Å²) in [7, 11) is 0. The summed E-state index contributed by atoms with van der Waals surface area (Å²) in [5.74, 6) is -0.820. The number of halogens is 1. The predicted octanol–water partition coefficient (Wildman–Crippen LogP) is 2.19. The van der Waals surface area contributed by atoms with Crippen LogP contribution in [0.25, 0.3) is 0 Å². The molecular formula is C11H12FNO3. The van der Waals surface area contributed by atoms with Gasteiger partial charge in [0.05, 0.1) is 10.5 Å². The van der Waals surface area contributed by atoms with Gasteiger partial charge in [0.1, 0.15) is 0 Å². The smallest absolute Gasteiger partial charge is 0.305 e. The highest BCUT2D eigenvalue weighted by atomic mass is 19.1. The minimum Gasteiger partial charge on any atom is -0.390 e. The van der Waals surface area contributed by atoms with Gasteiger partial charge >= 0.3 is 5.69 Å². The van der Waals surface area contributed by atoms with Crippen molar-refractivity contribution in [1.82, 2.24) is 0 Å². The first-order valence-corrected chi connectivity index (χ1v) is 5.15. The lowest BCUT2D eigenvalue weighted by atomic mass is 10.1. The maximum absolute atomic E-state index is 13.0. The molecule has 1 saturated carbocycles. The van der Waals surface area contributed by atoms with Gasteiger partial charge in [-0.05, 0) is 37.3 Å². The van der Waals surface area contributed by atoms with Crippen LogP contribution in [0.1, 0.15) is 24.8 Å². The van der Waals surface area contributed by atoms with E-state index in [-0.39, 0.29) is 0 Å². The van der Waals surface area contributed by atoms with E-state index < -0.39 is 22.0 Å². The summed E-state index contributed by atoms with van der Waals surface area (Å²) in [6.07, 6.45) is 2.69. The molecule has 0 aromatic heterocycles. The van der Waals surface area contributed by atoms with E-state index in [4.69, 9.17) is 0 Å². The molecule has 0 saturated heterocycles. The molecule has 1 fully saturated rings. The van der Waals surface area contributed by atoms with Gasteiger partial charge in [-0.3, -0.25) is 10.1 Å². The highest BCUT2D eigenvalue weighted by Gasteiger charge is 2.39. The number of hydrogen-bond acceptors (Lipinski definition) is 3. The number of hydrogen-bond donors (Lipinski definition) is 1. The van der Waals surface area contributed by atoms with Gasteiger partial charge < -0.3 is 5.11 Å². The van der Waals surface area contributed by atoms with Crippen molar-refractivity contribution in [3.8, 4) is 0 Å². The van der Waals surface area contributed by atoms with Crippen molar-refractivity contribution in [3.63, 3.8) is 0 Å². The van der Waals surface area contributed by atoms with Crippen LogP contribution in [0.3, 0.4) is 0 Å². The third-order valence-electron chi connectivity index (χ3n) is 2.91. The van der Waals surface area contributed by atoms with Crippen molar-refractivity contribution in [1.29, 1.82) is 0 Å². The van der Waals surface area contributed by atoms with Crippen molar-refractivity contribution in [3.05, 3.63) is 39.7 Å². The highest BCUT2D eigenvalue weighted by molar-refractivity contribution is 5.36. The van der Waals surface area contributed by atoms with Gasteiger partial charge in [-0.25, -0.2) is 0 Å². The lowest BCUT2D eigenvalue weighted by Crippen LogP contribution is -2.07. The third-order valence-corrected chi connectivity index (χ3v) is 2.91. The zero-order chi connectivity index (χ0) is 11.8. The minimum absolute atomic E-state index is 0.500. The predicted molar refractivity (Wildman–Crippen MR) is 55.6 cm³/mol. The molecule has 0 heterocycles. The fraction of sp³-hybridized carbons (Fsp3) is 0.455. The summed E-state index contributed by atoms with van der Waals surface area (Å²) in [5.41, 5.74) is -0.392. The Morgan fingerprint density at radius 2 is 2.19 bits per heavy atom. The number of aliphatic hydroxyl groups is 1. The largest absolute Gasteiger partial charge is 0.390 e. The fourth-order valence-corrected chi connectivity index (χ4v) is 1.62. The zero-order valence-corrected chi connectivity index (χ0v) is 8.65. The second-order valence-electron chi connectivity index (χ2n) is 4.27. The van der Waals surface area contributed by atoms with E-state index in [0.717, 1.165) is 18.9 Å². The molecule has 2 rings (SSSR count). The van der Waals surface area contributed by atoms with Crippen molar-refractivity contribution in [2.24, 2.45) is 0 Å². The van der Waals surface area contributed by atoms with Crippen molar-refractivity contribution < 1.29 is 14.4 Å². The number of nitro groups is 1. The minimum atomic E-state index is -0.820. The van der Waals surface area contributed by atoms with Gasteiger partial charge in [0, 0.05) is 6.07 Å². The molecular weight excluding hydrogens is 213 g/mol. The van der Waals surface area contributed by atoms with Crippen molar-refractivity contribution in [2.75, 3.05) is 0 Å². The summed E-state index contributed by atoms with van der Waals surface area (Å²) in [6.45, 7) is 0. The zero-order valence-electron chi connectivity index (χ0n) is 8.65. The maximum Gasteiger partial charge on any atom is 0.305 e. The van der Waals surface area contributed by atoms with Crippen molar-refractivity contribution >= 4 is 5.69 Å². The van der Waals surface area contributed by atoms with Crippen LogP contribution < -0.4 is 0 Å². The molecule has 1 N–H and O–H groups in total. The SMILES string of the molecule is O=[N+]([O-])c1cc(CCC2(O)CC2)ccc1F. The molecule has 1 aliphatic rings. The average molecular weight is 225 g/mol. The number of aryl methyl sites for hydroxylation is 1. The van der Waals surface area contributed by atoms with Crippen LogP contribution in [0.2, 0.25) is 0 Å². The quantitative estimate of drug-likeness (QED) is 0.631. The van der Waals surface area contributed by atoms with Crippen LogP contribution in [0.5, 0.6) is 0 Å². The summed E-state index contributed by atoms with van der Waals surface area (Å²) in [5, 5.41) is 20.1. The number of nitrogens with zero attached hydrogens (tertiary/aromatic N) is 1. The molecule has 0 bridgehead atoms. The summed E-state index contributed by atoms with van der Waals surface area (Å²) in [6, 6.07) is 3.86. The normalized spacial score (nSPS) is 17.1. The molecule has 16 heavy (non-hydrogen) atoms. The fourth-order valence-electron chi connectivity index (χ4n) is 1.62. The van der Waals surface area contributed by atoms with Gasteiger partial charge in [-0.1, -0.05) is 6.07 Å². The van der Waals surface area contributed by atoms with E-state index in [2.05, 4.69) is 0 Å². The summed E-state index contributed by atoms with van der Waals surface area (Å²) in [4.78, 5) is 9.77. The average Bonchev–Trinajstić information content (AvgIpc) is 2.96. The maximum atomic E-state index is 13.0. The first kappa shape index (κ1) is 11.0. The third kappa shape index (κ3) is 2.36. The van der Waals surface area contributed by atoms with Gasteiger partial charge in [0.25, 0.3) is 0 Å². The number of rotatable bonds is 4. The van der Waals surface area contributed by atoms with Crippen LogP contribution in [0.4, 0.5) is 10.1 Å². The molecule has 86 valence electrons. The summed E-state index contributed by atoms with van der Waals surface area (Å²) < 4.78 is 13.0. The van der Waals surface area contributed by atoms with E-state index in [1.54, 1.807) is 0 Å². The molecule has 1 aromatic carbocycles. The van der Waals surface area contributed by atoms with E-state index in [0.29, 0.717) is 18.4 Å². The van der Waals surface area contributed by atoms with E-state index >= 15 is 0 Å². The van der Waals surface area contributed by atoms with Gasteiger partial charge in [-0.15, -0.1) is 0 Å². The van der Waals surface area contributed by atoms with Crippen LogP contribution >= 0.6 is 0 Å². The first-order valence-electron chi connectivity index (χ1n) is 5.15. The Morgan fingerprint density at radius 1 is 1.50 bits per heavy atom. The highest BCUT2D eigenvalue weighted by Crippen LogP contribution is 2.39. The van der Waals surface area contributed by atoms with Crippen LogP contribution in [-0.2, 0) is 6.42 Å². The Kier molecular flexibility index (Phi) is 2.63. The monoisotopic (exact) mass is 225 g/mol. The Bertz CT molecular complexity index is 429. The molecule has 0 aliphatic heterocycles. The van der Waals surface area contributed by atoms with Gasteiger partial charge in [0.15, 0.2) is 0 Å². The topological polar surface area (TPSA) is 63.4 Å². The Balaban J connectivity index is 2.09. The molecule has 0 unspecified atom stereocenters. The number of benzene rings is 1. The summed E-state index contributed by atoms with van der Waals surface area (Å²) >= 11 is 0. The molecule has 0 spiro atoms. The molecule has 1 aliphatic carbocycles. The Morgan fingerprint density at radius 3 is 2.75 bits per heavy atom. The first-order chi connectivity index (χ1) is 7.50. The van der Waals surface area contributed by atoms with Crippen LogP contribution in [-0.4, -0.2) is 15.6 Å². The Labute approximate surface area is 91.9 Å². The van der Waals surface area contributed by atoms with E-state index in [1.807, 2.05) is 0 Å². The number of nitro benzene ring substituents is 1. The molecule has 1 aromatic rings. The second-order valence-corrected chi connectivity index (χ2v) is 4.27. The lowest BCUT2D eigenvalue weighted by Gasteiger charge is -2.06. The second kappa shape index (κ2) is 3.83. The van der Waals surface area contributed by atoms with Gasteiger partial charge in [0.2, 0.25) is 5.82 Å².